The van der Waals surface area contributed by atoms with Crippen LogP contribution in [0.2, 0.25) is 0 Å². The number of carboxylic acid groups (broad SMARTS) is 1. The molecule has 0 aliphatic rings. The van der Waals surface area contributed by atoms with Gasteiger partial charge in [-0.25, -0.2) is 4.79 Å². The van der Waals surface area contributed by atoms with Crippen molar-refractivity contribution >= 4 is 33.5 Å². The zero-order valence-corrected chi connectivity index (χ0v) is 13.2. The van der Waals surface area contributed by atoms with Crippen LogP contribution in [0.5, 0.6) is 0 Å². The van der Waals surface area contributed by atoms with Crippen molar-refractivity contribution in [2.75, 3.05) is 5.32 Å². The molecule has 0 spiro atoms. The zero-order valence-electron chi connectivity index (χ0n) is 11.6. The molecule has 2 rings (SSSR count). The van der Waals surface area contributed by atoms with Crippen LogP contribution in [0.25, 0.3) is 0 Å². The number of hydrogen-bond donors (Lipinski definition) is 2. The number of hydrogen-bond acceptors (Lipinski definition) is 2. The quantitative estimate of drug-likeness (QED) is 0.881. The lowest BCUT2D eigenvalue weighted by molar-refractivity contribution is 0.0696. The highest BCUT2D eigenvalue weighted by Gasteiger charge is 2.13. The Kier molecular flexibility index (Phi) is 4.43. The maximum atomic E-state index is 12.3. The molecule has 2 aromatic rings. The van der Waals surface area contributed by atoms with Crippen LogP contribution in [0, 0.1) is 13.8 Å². The zero-order chi connectivity index (χ0) is 15.6. The third-order valence-electron chi connectivity index (χ3n) is 3.31. The highest BCUT2D eigenvalue weighted by Crippen LogP contribution is 2.25. The van der Waals surface area contributed by atoms with Crippen molar-refractivity contribution in [2.24, 2.45) is 0 Å². The van der Waals surface area contributed by atoms with Crippen LogP contribution >= 0.6 is 15.9 Å². The second-order valence-electron chi connectivity index (χ2n) is 4.70. The molecule has 2 aromatic carbocycles. The topological polar surface area (TPSA) is 66.4 Å². The maximum absolute atomic E-state index is 12.3. The Hall–Kier alpha value is -2.14. The third kappa shape index (κ3) is 3.31. The summed E-state index contributed by atoms with van der Waals surface area (Å²) >= 11 is 3.27. The molecule has 0 bridgehead atoms. The summed E-state index contributed by atoms with van der Waals surface area (Å²) in [5.41, 5.74) is 3.26. The molecule has 0 aliphatic heterocycles. The van der Waals surface area contributed by atoms with E-state index in [0.717, 1.165) is 11.1 Å². The van der Waals surface area contributed by atoms with Crippen LogP contribution in [-0.2, 0) is 0 Å². The molecule has 0 unspecified atom stereocenters. The number of aryl methyl sites for hydroxylation is 1. The van der Waals surface area contributed by atoms with Gasteiger partial charge in [-0.2, -0.15) is 0 Å². The number of carbonyl (C=O) groups is 2. The van der Waals surface area contributed by atoms with E-state index in [1.165, 1.54) is 12.1 Å². The van der Waals surface area contributed by atoms with Gasteiger partial charge in [-0.3, -0.25) is 4.79 Å². The molecular formula is C16H14BrNO3. The summed E-state index contributed by atoms with van der Waals surface area (Å²) in [6, 6.07) is 10.0. The van der Waals surface area contributed by atoms with E-state index in [1.54, 1.807) is 12.1 Å². The Balaban J connectivity index is 2.28. The lowest BCUT2D eigenvalue weighted by Gasteiger charge is -2.11. The third-order valence-corrected chi connectivity index (χ3v) is 3.97. The number of benzene rings is 2. The Bertz CT molecular complexity index is 725. The number of anilines is 1. The Labute approximate surface area is 130 Å². The first-order valence-corrected chi connectivity index (χ1v) is 7.10. The summed E-state index contributed by atoms with van der Waals surface area (Å²) < 4.78 is 0.529. The number of halogens is 1. The van der Waals surface area contributed by atoms with Crippen molar-refractivity contribution in [3.8, 4) is 0 Å². The Morgan fingerprint density at radius 2 is 1.86 bits per heavy atom. The molecule has 5 heteroatoms. The van der Waals surface area contributed by atoms with E-state index in [2.05, 4.69) is 21.2 Å². The van der Waals surface area contributed by atoms with Crippen molar-refractivity contribution in [3.05, 3.63) is 63.1 Å². The van der Waals surface area contributed by atoms with Crippen LogP contribution < -0.4 is 5.32 Å². The van der Waals surface area contributed by atoms with Crippen molar-refractivity contribution in [1.82, 2.24) is 0 Å². The minimum Gasteiger partial charge on any atom is -0.478 e. The Morgan fingerprint density at radius 3 is 2.48 bits per heavy atom. The molecule has 0 saturated carbocycles. The predicted molar refractivity (Wildman–Crippen MR) is 85.0 cm³/mol. The summed E-state index contributed by atoms with van der Waals surface area (Å²) in [6.07, 6.45) is 0. The summed E-state index contributed by atoms with van der Waals surface area (Å²) in [5.74, 6) is -1.23. The molecule has 1 amide bonds. The van der Waals surface area contributed by atoms with Crippen LogP contribution in [0.1, 0.15) is 31.8 Å². The Morgan fingerprint density at radius 1 is 1.14 bits per heavy atom. The molecule has 2 N–H and O–H groups in total. The van der Waals surface area contributed by atoms with Gasteiger partial charge in [0.1, 0.15) is 0 Å². The van der Waals surface area contributed by atoms with Gasteiger partial charge in [0.2, 0.25) is 0 Å². The average molecular weight is 348 g/mol. The van der Waals surface area contributed by atoms with Gasteiger partial charge in [0, 0.05) is 10.0 Å². The minimum atomic E-state index is -1.01. The van der Waals surface area contributed by atoms with Gasteiger partial charge in [-0.1, -0.05) is 12.1 Å². The first kappa shape index (κ1) is 15.3. The first-order chi connectivity index (χ1) is 9.90. The molecule has 0 radical (unpaired) electrons. The van der Waals surface area contributed by atoms with Crippen LogP contribution in [0.15, 0.2) is 40.9 Å². The van der Waals surface area contributed by atoms with E-state index in [1.807, 2.05) is 26.0 Å². The van der Waals surface area contributed by atoms with E-state index >= 15 is 0 Å². The van der Waals surface area contributed by atoms with Crippen LogP contribution in [0.4, 0.5) is 5.69 Å². The number of nitrogens with one attached hydrogen (secondary N) is 1. The van der Waals surface area contributed by atoms with Gasteiger partial charge >= 0.3 is 5.97 Å². The SMILES string of the molecule is Cc1cccc(C(=O)Nc2ccc(C(=O)O)cc2Br)c1C. The van der Waals surface area contributed by atoms with E-state index in [4.69, 9.17) is 5.11 Å². The highest BCUT2D eigenvalue weighted by atomic mass is 79.9. The normalized spacial score (nSPS) is 10.2. The second-order valence-corrected chi connectivity index (χ2v) is 5.56. The lowest BCUT2D eigenvalue weighted by atomic mass is 10.0. The van der Waals surface area contributed by atoms with E-state index in [0.29, 0.717) is 15.7 Å². The molecule has 0 heterocycles. The number of carboxylic acids is 1. The summed E-state index contributed by atoms with van der Waals surface area (Å²) in [5, 5.41) is 11.7. The van der Waals surface area contributed by atoms with Gasteiger partial charge < -0.3 is 10.4 Å². The van der Waals surface area contributed by atoms with E-state index in [9.17, 15) is 9.59 Å². The lowest BCUT2D eigenvalue weighted by Crippen LogP contribution is -2.14. The number of aromatic carboxylic acids is 1. The molecule has 108 valence electrons. The molecule has 0 saturated heterocycles. The van der Waals surface area contributed by atoms with Gasteiger partial charge in [0.05, 0.1) is 11.3 Å². The van der Waals surface area contributed by atoms with E-state index < -0.39 is 5.97 Å². The average Bonchev–Trinajstić information content (AvgIpc) is 2.43. The van der Waals surface area contributed by atoms with Gasteiger partial charge in [0.15, 0.2) is 0 Å². The predicted octanol–water partition coefficient (Wildman–Crippen LogP) is 4.02. The summed E-state index contributed by atoms with van der Waals surface area (Å²) in [4.78, 5) is 23.2. The molecule has 21 heavy (non-hydrogen) atoms. The standard InChI is InChI=1S/C16H14BrNO3/c1-9-4-3-5-12(10(9)2)15(19)18-14-7-6-11(16(20)21)8-13(14)17/h3-8H,1-2H3,(H,18,19)(H,20,21). The number of carbonyl (C=O) groups excluding carboxylic acids is 1. The van der Waals surface area contributed by atoms with Crippen molar-refractivity contribution in [1.29, 1.82) is 0 Å². The summed E-state index contributed by atoms with van der Waals surface area (Å²) in [6.45, 7) is 3.84. The fourth-order valence-electron chi connectivity index (χ4n) is 1.94. The van der Waals surface area contributed by atoms with Crippen molar-refractivity contribution < 1.29 is 14.7 Å². The largest absolute Gasteiger partial charge is 0.478 e. The van der Waals surface area contributed by atoms with Crippen molar-refractivity contribution in [3.63, 3.8) is 0 Å². The van der Waals surface area contributed by atoms with Gasteiger partial charge in [-0.05, 0) is 65.2 Å². The van der Waals surface area contributed by atoms with Crippen molar-refractivity contribution in [2.45, 2.75) is 13.8 Å². The van der Waals surface area contributed by atoms with Crippen LogP contribution in [0.3, 0.4) is 0 Å². The monoisotopic (exact) mass is 347 g/mol. The van der Waals surface area contributed by atoms with E-state index in [-0.39, 0.29) is 11.5 Å². The smallest absolute Gasteiger partial charge is 0.335 e. The maximum Gasteiger partial charge on any atom is 0.335 e. The summed E-state index contributed by atoms with van der Waals surface area (Å²) in [7, 11) is 0. The highest BCUT2D eigenvalue weighted by molar-refractivity contribution is 9.10. The van der Waals surface area contributed by atoms with Crippen LogP contribution in [-0.4, -0.2) is 17.0 Å². The number of amides is 1. The number of rotatable bonds is 3. The fourth-order valence-corrected chi connectivity index (χ4v) is 2.41. The molecule has 0 aromatic heterocycles. The molecule has 4 nitrogen and oxygen atoms in total. The minimum absolute atomic E-state index is 0.159. The first-order valence-electron chi connectivity index (χ1n) is 6.30. The molecular weight excluding hydrogens is 334 g/mol. The molecule has 0 fully saturated rings. The second kappa shape index (κ2) is 6.10. The molecule has 0 aliphatic carbocycles. The van der Waals surface area contributed by atoms with Gasteiger partial charge in [-0.15, -0.1) is 0 Å². The molecule has 0 atom stereocenters. The van der Waals surface area contributed by atoms with Gasteiger partial charge in [0.25, 0.3) is 5.91 Å². The fraction of sp³-hybridized carbons (Fsp3) is 0.125.